The Hall–Kier alpha value is -1.60. The third-order valence-corrected chi connectivity index (χ3v) is 3.90. The molecule has 2 aromatic carbocycles. The first kappa shape index (κ1) is 12.4. The SMILES string of the molecule is CC(Cc1ccccc1)CN1Cc2ccccc2C1. The highest BCUT2D eigenvalue weighted by molar-refractivity contribution is 5.30. The molecule has 1 heterocycles. The largest absolute Gasteiger partial charge is 0.295 e. The summed E-state index contributed by atoms with van der Waals surface area (Å²) < 4.78 is 0. The van der Waals surface area contributed by atoms with Gasteiger partial charge in [-0.3, -0.25) is 4.90 Å². The van der Waals surface area contributed by atoms with Crippen molar-refractivity contribution in [2.24, 2.45) is 5.92 Å². The molecule has 0 N–H and O–H groups in total. The fourth-order valence-electron chi connectivity index (χ4n) is 3.05. The third-order valence-electron chi connectivity index (χ3n) is 3.90. The van der Waals surface area contributed by atoms with E-state index < -0.39 is 0 Å². The summed E-state index contributed by atoms with van der Waals surface area (Å²) in [6, 6.07) is 19.6. The number of nitrogens with zero attached hydrogens (tertiary/aromatic N) is 1. The minimum Gasteiger partial charge on any atom is -0.295 e. The predicted octanol–water partition coefficient (Wildman–Crippen LogP) is 3.88. The summed E-state index contributed by atoms with van der Waals surface area (Å²) in [5.41, 5.74) is 4.47. The van der Waals surface area contributed by atoms with Crippen molar-refractivity contribution in [1.29, 1.82) is 0 Å². The normalized spacial score (nSPS) is 16.3. The van der Waals surface area contributed by atoms with E-state index in [2.05, 4.69) is 66.4 Å². The molecule has 0 spiro atoms. The summed E-state index contributed by atoms with van der Waals surface area (Å²) in [6.45, 7) is 5.78. The van der Waals surface area contributed by atoms with Crippen LogP contribution in [0.4, 0.5) is 0 Å². The maximum absolute atomic E-state index is 2.57. The summed E-state index contributed by atoms with van der Waals surface area (Å²) >= 11 is 0. The van der Waals surface area contributed by atoms with Crippen LogP contribution in [0.2, 0.25) is 0 Å². The van der Waals surface area contributed by atoms with Crippen LogP contribution >= 0.6 is 0 Å². The molecule has 0 saturated heterocycles. The first-order chi connectivity index (χ1) is 9.31. The van der Waals surface area contributed by atoms with Crippen LogP contribution < -0.4 is 0 Å². The maximum atomic E-state index is 2.57. The van der Waals surface area contributed by atoms with Crippen molar-refractivity contribution in [2.45, 2.75) is 26.4 Å². The molecule has 0 saturated carbocycles. The van der Waals surface area contributed by atoms with Gasteiger partial charge in [-0.05, 0) is 29.0 Å². The summed E-state index contributed by atoms with van der Waals surface area (Å²) in [4.78, 5) is 2.57. The molecule has 1 unspecified atom stereocenters. The number of rotatable bonds is 4. The molecule has 1 nitrogen and oxygen atoms in total. The average molecular weight is 251 g/mol. The van der Waals surface area contributed by atoms with E-state index >= 15 is 0 Å². The van der Waals surface area contributed by atoms with Gasteiger partial charge in [-0.15, -0.1) is 0 Å². The van der Waals surface area contributed by atoms with E-state index in [1.807, 2.05) is 0 Å². The maximum Gasteiger partial charge on any atom is 0.0240 e. The summed E-state index contributed by atoms with van der Waals surface area (Å²) in [5.74, 6) is 0.705. The second-order valence-electron chi connectivity index (χ2n) is 5.73. The number of benzene rings is 2. The van der Waals surface area contributed by atoms with E-state index in [0.717, 1.165) is 13.1 Å². The second-order valence-corrected chi connectivity index (χ2v) is 5.73. The first-order valence-electron chi connectivity index (χ1n) is 7.14. The van der Waals surface area contributed by atoms with E-state index in [9.17, 15) is 0 Å². The van der Waals surface area contributed by atoms with Gasteiger partial charge in [-0.25, -0.2) is 0 Å². The zero-order chi connectivity index (χ0) is 13.1. The van der Waals surface area contributed by atoms with Crippen LogP contribution in [0.25, 0.3) is 0 Å². The van der Waals surface area contributed by atoms with Crippen LogP contribution in [0.15, 0.2) is 54.6 Å². The molecular weight excluding hydrogens is 230 g/mol. The summed E-state index contributed by atoms with van der Waals surface area (Å²) in [5, 5.41) is 0. The summed E-state index contributed by atoms with van der Waals surface area (Å²) in [6.07, 6.45) is 1.17. The molecular formula is C18H21N. The van der Waals surface area contributed by atoms with Gasteiger partial charge >= 0.3 is 0 Å². The van der Waals surface area contributed by atoms with Crippen molar-refractivity contribution in [2.75, 3.05) is 6.54 Å². The quantitative estimate of drug-likeness (QED) is 0.797. The molecule has 0 bridgehead atoms. The van der Waals surface area contributed by atoms with Crippen molar-refractivity contribution in [3.05, 3.63) is 71.3 Å². The lowest BCUT2D eigenvalue weighted by atomic mass is 10.0. The van der Waals surface area contributed by atoms with Crippen molar-refractivity contribution < 1.29 is 0 Å². The van der Waals surface area contributed by atoms with E-state index in [1.54, 1.807) is 0 Å². The van der Waals surface area contributed by atoms with E-state index in [-0.39, 0.29) is 0 Å². The zero-order valence-corrected chi connectivity index (χ0v) is 11.5. The standard InChI is InChI=1S/C18H21N/c1-15(11-16-7-3-2-4-8-16)12-19-13-17-9-5-6-10-18(17)14-19/h2-10,15H,11-14H2,1H3. The average Bonchev–Trinajstić information content (AvgIpc) is 2.81. The van der Waals surface area contributed by atoms with Gasteiger partial charge in [-0.2, -0.15) is 0 Å². The molecule has 1 aliphatic rings. The number of hydrogen-bond donors (Lipinski definition) is 0. The van der Waals surface area contributed by atoms with Gasteiger partial charge in [0.1, 0.15) is 0 Å². The molecule has 0 aliphatic carbocycles. The fraction of sp³-hybridized carbons (Fsp3) is 0.333. The Morgan fingerprint density at radius 2 is 1.47 bits per heavy atom. The van der Waals surface area contributed by atoms with Gasteiger partial charge in [0.05, 0.1) is 0 Å². The fourth-order valence-corrected chi connectivity index (χ4v) is 3.05. The molecule has 3 rings (SSSR count). The van der Waals surface area contributed by atoms with Crippen LogP contribution in [0.1, 0.15) is 23.6 Å². The number of hydrogen-bond acceptors (Lipinski definition) is 1. The van der Waals surface area contributed by atoms with Gasteiger partial charge < -0.3 is 0 Å². The van der Waals surface area contributed by atoms with Crippen LogP contribution in [0.5, 0.6) is 0 Å². The van der Waals surface area contributed by atoms with Crippen molar-refractivity contribution in [3.8, 4) is 0 Å². The Kier molecular flexibility index (Phi) is 3.65. The molecule has 0 fully saturated rings. The topological polar surface area (TPSA) is 3.24 Å². The Morgan fingerprint density at radius 3 is 2.11 bits per heavy atom. The second kappa shape index (κ2) is 5.58. The predicted molar refractivity (Wildman–Crippen MR) is 79.9 cm³/mol. The first-order valence-corrected chi connectivity index (χ1v) is 7.14. The molecule has 0 amide bonds. The van der Waals surface area contributed by atoms with Crippen LogP contribution in [-0.4, -0.2) is 11.4 Å². The lowest BCUT2D eigenvalue weighted by molar-refractivity contribution is 0.243. The van der Waals surface area contributed by atoms with Crippen LogP contribution in [-0.2, 0) is 19.5 Å². The highest BCUT2D eigenvalue weighted by Crippen LogP contribution is 2.23. The molecule has 2 aromatic rings. The molecule has 19 heavy (non-hydrogen) atoms. The lowest BCUT2D eigenvalue weighted by Gasteiger charge is -2.20. The Labute approximate surface area is 115 Å². The van der Waals surface area contributed by atoms with Gasteiger partial charge in [-0.1, -0.05) is 61.5 Å². The Morgan fingerprint density at radius 1 is 0.895 bits per heavy atom. The van der Waals surface area contributed by atoms with Gasteiger partial charge in [0.15, 0.2) is 0 Å². The van der Waals surface area contributed by atoms with Crippen LogP contribution in [0.3, 0.4) is 0 Å². The summed E-state index contributed by atoms with van der Waals surface area (Å²) in [7, 11) is 0. The molecule has 0 aromatic heterocycles. The van der Waals surface area contributed by atoms with Gasteiger partial charge in [0.2, 0.25) is 0 Å². The van der Waals surface area contributed by atoms with Gasteiger partial charge in [0, 0.05) is 19.6 Å². The Bertz CT molecular complexity index is 507. The minimum atomic E-state index is 0.705. The van der Waals surface area contributed by atoms with E-state index in [0.29, 0.717) is 5.92 Å². The van der Waals surface area contributed by atoms with Gasteiger partial charge in [0.25, 0.3) is 0 Å². The molecule has 98 valence electrons. The molecule has 0 radical (unpaired) electrons. The zero-order valence-electron chi connectivity index (χ0n) is 11.5. The Balaban J connectivity index is 1.56. The molecule has 1 heteroatoms. The van der Waals surface area contributed by atoms with E-state index in [4.69, 9.17) is 0 Å². The highest BCUT2D eigenvalue weighted by atomic mass is 15.1. The smallest absolute Gasteiger partial charge is 0.0240 e. The lowest BCUT2D eigenvalue weighted by Crippen LogP contribution is -2.24. The highest BCUT2D eigenvalue weighted by Gasteiger charge is 2.19. The van der Waals surface area contributed by atoms with Crippen molar-refractivity contribution >= 4 is 0 Å². The minimum absolute atomic E-state index is 0.705. The number of fused-ring (bicyclic) bond motifs is 1. The van der Waals surface area contributed by atoms with E-state index in [1.165, 1.54) is 29.7 Å². The van der Waals surface area contributed by atoms with Crippen molar-refractivity contribution in [1.82, 2.24) is 4.90 Å². The molecule has 1 aliphatic heterocycles. The van der Waals surface area contributed by atoms with Crippen LogP contribution in [0, 0.1) is 5.92 Å². The third kappa shape index (κ3) is 3.05. The van der Waals surface area contributed by atoms with Crippen molar-refractivity contribution in [3.63, 3.8) is 0 Å². The molecule has 1 atom stereocenters. The monoisotopic (exact) mass is 251 g/mol.